The Morgan fingerprint density at radius 2 is 2.08 bits per heavy atom. The van der Waals surface area contributed by atoms with Crippen LogP contribution >= 0.6 is 9.24 Å². The van der Waals surface area contributed by atoms with Gasteiger partial charge in [0.1, 0.15) is 20.2 Å². The molecule has 0 saturated carbocycles. The lowest BCUT2D eigenvalue weighted by molar-refractivity contribution is 0.0952. The lowest BCUT2D eigenvalue weighted by atomic mass is 9.92. The van der Waals surface area contributed by atoms with Gasteiger partial charge < -0.3 is 15.4 Å². The van der Waals surface area contributed by atoms with Crippen LogP contribution in [-0.2, 0) is 6.42 Å². The number of carbonyl (C=O) groups is 1. The topological polar surface area (TPSA) is 80.5 Å². The predicted octanol–water partition coefficient (Wildman–Crippen LogP) is 4.09. The van der Waals surface area contributed by atoms with E-state index in [0.29, 0.717) is 41.4 Å². The second-order valence-electron chi connectivity index (χ2n) is 8.61. The number of aryl methyl sites for hydroxylation is 1. The highest BCUT2D eigenvalue weighted by atomic mass is 31.0. The number of imidazole rings is 1. The molecule has 0 spiro atoms. The van der Waals surface area contributed by atoms with Gasteiger partial charge in [0.05, 0.1) is 11.9 Å². The van der Waals surface area contributed by atoms with Crippen LogP contribution < -0.4 is 26.1 Å². The summed E-state index contributed by atoms with van der Waals surface area (Å²) in [7, 11) is 9.04. The number of rotatable bonds is 11. The predicted molar refractivity (Wildman–Crippen MR) is 155 cm³/mol. The third-order valence-corrected chi connectivity index (χ3v) is 6.74. The van der Waals surface area contributed by atoms with Crippen molar-refractivity contribution >= 4 is 50.9 Å². The summed E-state index contributed by atoms with van der Waals surface area (Å²) in [5, 5.41) is 7.21. The number of carbonyl (C=O) groups excluding carboxylic acids is 1. The zero-order chi connectivity index (χ0) is 26.4. The van der Waals surface area contributed by atoms with Crippen LogP contribution in [0.3, 0.4) is 0 Å². The van der Waals surface area contributed by atoms with E-state index in [4.69, 9.17) is 12.6 Å². The van der Waals surface area contributed by atoms with Crippen molar-refractivity contribution in [2.45, 2.75) is 33.1 Å². The molecule has 4 aromatic rings. The van der Waals surface area contributed by atoms with Crippen molar-refractivity contribution in [1.29, 1.82) is 0 Å². The van der Waals surface area contributed by atoms with E-state index in [2.05, 4.69) is 43.3 Å². The standard InChI is InChI=1S/C28H31BN5O2P/c1-4-7-12-31-28(35)20-9-8-19(16-18(20)6-3)33-26-27-32-17-22(34(27)14-13-30-26)21-10-11-23(36-15-5-2)24(29)25(21)37/h5,8-11,13-14,16-17H,2,4,6-7,12,15,37H2,1,3H3,(H,30,33)(H,31,35). The highest BCUT2D eigenvalue weighted by molar-refractivity contribution is 7.29. The Labute approximate surface area is 221 Å². The highest BCUT2D eigenvalue weighted by Crippen LogP contribution is 2.27. The van der Waals surface area contributed by atoms with Gasteiger partial charge in [-0.25, -0.2) is 9.97 Å². The molecule has 2 aromatic carbocycles. The zero-order valence-electron chi connectivity index (χ0n) is 21.3. The van der Waals surface area contributed by atoms with Crippen molar-refractivity contribution in [2.24, 2.45) is 0 Å². The van der Waals surface area contributed by atoms with Crippen LogP contribution in [0.15, 0.2) is 61.6 Å². The molecule has 7 nitrogen and oxygen atoms in total. The Morgan fingerprint density at radius 3 is 2.84 bits per heavy atom. The van der Waals surface area contributed by atoms with Gasteiger partial charge in [-0.1, -0.05) is 32.9 Å². The molecule has 0 aliphatic rings. The summed E-state index contributed by atoms with van der Waals surface area (Å²) in [4.78, 5) is 21.8. The Morgan fingerprint density at radius 1 is 1.24 bits per heavy atom. The molecule has 0 fully saturated rings. The van der Waals surface area contributed by atoms with E-state index in [9.17, 15) is 4.79 Å². The number of amides is 1. The average Bonchev–Trinajstić information content (AvgIpc) is 3.34. The Kier molecular flexibility index (Phi) is 8.62. The molecular formula is C28H31BN5O2P. The van der Waals surface area contributed by atoms with E-state index < -0.39 is 0 Å². The van der Waals surface area contributed by atoms with Gasteiger partial charge in [-0.05, 0) is 59.5 Å². The number of benzene rings is 2. The minimum absolute atomic E-state index is 0.0385. The number of nitrogens with zero attached hydrogens (tertiary/aromatic N) is 3. The van der Waals surface area contributed by atoms with Gasteiger partial charge in [0.2, 0.25) is 0 Å². The zero-order valence-corrected chi connectivity index (χ0v) is 22.4. The normalized spacial score (nSPS) is 10.9. The first-order chi connectivity index (χ1) is 18.0. The van der Waals surface area contributed by atoms with Crippen molar-refractivity contribution < 1.29 is 9.53 Å². The van der Waals surface area contributed by atoms with Gasteiger partial charge in [-0.15, -0.1) is 9.24 Å². The van der Waals surface area contributed by atoms with Gasteiger partial charge in [-0.2, -0.15) is 0 Å². The smallest absolute Gasteiger partial charge is 0.251 e. The fourth-order valence-electron chi connectivity index (χ4n) is 4.12. The summed E-state index contributed by atoms with van der Waals surface area (Å²) < 4.78 is 7.63. The first kappa shape index (κ1) is 26.4. The monoisotopic (exact) mass is 511 g/mol. The van der Waals surface area contributed by atoms with E-state index in [1.165, 1.54) is 0 Å². The van der Waals surface area contributed by atoms with Crippen molar-refractivity contribution in [3.05, 3.63) is 72.7 Å². The molecule has 2 N–H and O–H groups in total. The van der Waals surface area contributed by atoms with E-state index >= 15 is 0 Å². The maximum Gasteiger partial charge on any atom is 0.251 e. The number of unbranched alkanes of at least 4 members (excludes halogenated alkanes) is 1. The van der Waals surface area contributed by atoms with Crippen LogP contribution in [0.2, 0.25) is 0 Å². The fraction of sp³-hybridized carbons (Fsp3) is 0.250. The third-order valence-electron chi connectivity index (χ3n) is 6.12. The summed E-state index contributed by atoms with van der Waals surface area (Å²) in [5.74, 6) is 1.18. The molecule has 9 heteroatoms. The summed E-state index contributed by atoms with van der Waals surface area (Å²) in [6, 6.07) is 9.57. The van der Waals surface area contributed by atoms with Crippen LogP contribution in [-0.4, -0.2) is 41.3 Å². The molecule has 1 unspecified atom stereocenters. The van der Waals surface area contributed by atoms with Crippen LogP contribution in [0.5, 0.6) is 5.75 Å². The van der Waals surface area contributed by atoms with Gasteiger partial charge >= 0.3 is 0 Å². The molecule has 2 heterocycles. The SMILES string of the molecule is [B]c1c(OCC=C)ccc(-c2cnc3c(Nc4ccc(C(=O)NCCCC)c(CC)c4)nccn23)c1P. The average molecular weight is 511 g/mol. The first-order valence-electron chi connectivity index (χ1n) is 12.4. The van der Waals surface area contributed by atoms with Crippen LogP contribution in [0.1, 0.15) is 42.6 Å². The number of hydrogen-bond acceptors (Lipinski definition) is 5. The maximum absolute atomic E-state index is 12.6. The second kappa shape index (κ2) is 12.1. The molecule has 1 atom stereocenters. The van der Waals surface area contributed by atoms with Gasteiger partial charge in [-0.3, -0.25) is 9.20 Å². The summed E-state index contributed by atoms with van der Waals surface area (Å²) in [5.41, 5.74) is 5.53. The minimum atomic E-state index is -0.0385. The Bertz CT molecular complexity index is 1440. The molecule has 0 aliphatic heterocycles. The molecular weight excluding hydrogens is 480 g/mol. The lowest BCUT2D eigenvalue weighted by Crippen LogP contribution is -2.25. The molecule has 0 bridgehead atoms. The molecule has 4 rings (SSSR count). The lowest BCUT2D eigenvalue weighted by Gasteiger charge is -2.14. The molecule has 2 radical (unpaired) electrons. The molecule has 37 heavy (non-hydrogen) atoms. The van der Waals surface area contributed by atoms with E-state index in [1.807, 2.05) is 47.9 Å². The number of anilines is 2. The number of hydrogen-bond donors (Lipinski definition) is 2. The van der Waals surface area contributed by atoms with Crippen molar-refractivity contribution in [1.82, 2.24) is 19.7 Å². The second-order valence-corrected chi connectivity index (χ2v) is 9.19. The van der Waals surface area contributed by atoms with E-state index in [-0.39, 0.29) is 5.91 Å². The molecule has 0 aliphatic carbocycles. The molecule has 2 aromatic heterocycles. The number of fused-ring (bicyclic) bond motifs is 1. The quantitative estimate of drug-likeness (QED) is 0.137. The fourth-order valence-corrected chi connectivity index (χ4v) is 4.50. The van der Waals surface area contributed by atoms with Crippen molar-refractivity contribution in [2.75, 3.05) is 18.5 Å². The van der Waals surface area contributed by atoms with E-state index in [1.54, 1.807) is 18.5 Å². The van der Waals surface area contributed by atoms with Crippen LogP contribution in [0.25, 0.3) is 16.9 Å². The van der Waals surface area contributed by atoms with Gasteiger partial charge in [0.25, 0.3) is 5.91 Å². The van der Waals surface area contributed by atoms with Crippen molar-refractivity contribution in [3.63, 3.8) is 0 Å². The Hall–Kier alpha value is -3.64. The minimum Gasteiger partial charge on any atom is -0.490 e. The summed E-state index contributed by atoms with van der Waals surface area (Å²) in [6.45, 7) is 8.89. The van der Waals surface area contributed by atoms with E-state index in [0.717, 1.165) is 47.1 Å². The van der Waals surface area contributed by atoms with Crippen LogP contribution in [0.4, 0.5) is 11.5 Å². The van der Waals surface area contributed by atoms with Gasteiger partial charge in [0.15, 0.2) is 11.5 Å². The third kappa shape index (κ3) is 5.70. The Balaban J connectivity index is 1.63. The maximum atomic E-state index is 12.6. The number of ether oxygens (including phenoxy) is 1. The number of nitrogens with one attached hydrogen (secondary N) is 2. The van der Waals surface area contributed by atoms with Crippen molar-refractivity contribution in [3.8, 4) is 17.0 Å². The molecule has 0 saturated heterocycles. The number of aromatic nitrogens is 3. The van der Waals surface area contributed by atoms with Crippen LogP contribution in [0, 0.1) is 0 Å². The molecule has 188 valence electrons. The highest BCUT2D eigenvalue weighted by Gasteiger charge is 2.16. The summed E-state index contributed by atoms with van der Waals surface area (Å²) in [6.07, 6.45) is 9.82. The first-order valence-corrected chi connectivity index (χ1v) is 13.0. The molecule has 1 amide bonds. The van der Waals surface area contributed by atoms with Gasteiger partial charge in [0, 0.05) is 35.8 Å². The largest absolute Gasteiger partial charge is 0.490 e. The summed E-state index contributed by atoms with van der Waals surface area (Å²) >= 11 is 0.